The molecule has 1 radical (unpaired) electrons. The molecule has 2 aromatic heterocycles. The van der Waals surface area contributed by atoms with Gasteiger partial charge in [0.05, 0.1) is 0 Å². The summed E-state index contributed by atoms with van der Waals surface area (Å²) in [5, 5.41) is 9.53. The van der Waals surface area contributed by atoms with E-state index in [1.165, 1.54) is 25.1 Å². The maximum atomic E-state index is 13.8. The van der Waals surface area contributed by atoms with Gasteiger partial charge in [0, 0.05) is 0 Å². The van der Waals surface area contributed by atoms with Crippen LogP contribution < -0.4 is 8.70 Å². The first-order valence-electron chi connectivity index (χ1n) is 9.26. The van der Waals surface area contributed by atoms with Gasteiger partial charge in [0.25, 0.3) is 0 Å². The Balaban J connectivity index is 1.78. The van der Waals surface area contributed by atoms with Crippen LogP contribution in [-0.2, 0) is 21.2 Å². The van der Waals surface area contributed by atoms with Crippen molar-refractivity contribution in [1.29, 1.82) is 0 Å². The Hall–Kier alpha value is -2.96. The Labute approximate surface area is 185 Å². The second-order valence-corrected chi connectivity index (χ2v) is 11.3. The molecule has 0 saturated carbocycles. The first-order valence-corrected chi connectivity index (χ1v) is 12.6. The third kappa shape index (κ3) is 4.13. The quantitative estimate of drug-likeness (QED) is 0.410. The summed E-state index contributed by atoms with van der Waals surface area (Å²) in [6.07, 6.45) is 3.05. The Kier molecular flexibility index (Phi) is 5.69. The number of nitrogens with zero attached hydrogens (tertiary/aromatic N) is 2. The van der Waals surface area contributed by atoms with Crippen LogP contribution in [0.5, 0.6) is 0 Å². The molecule has 0 aliphatic heterocycles. The molecular weight excluding hydrogens is 482 g/mol. The van der Waals surface area contributed by atoms with Crippen LogP contribution in [0, 0.1) is 12.7 Å². The zero-order valence-corrected chi connectivity index (χ0v) is 19.1. The second kappa shape index (κ2) is 8.29. The third-order valence-corrected chi connectivity index (χ3v) is 9.02. The Morgan fingerprint density at radius 3 is 2.35 bits per heavy atom. The van der Waals surface area contributed by atoms with Crippen molar-refractivity contribution in [3.05, 3.63) is 84.1 Å². The van der Waals surface area contributed by atoms with Gasteiger partial charge in [-0.3, -0.25) is 0 Å². The number of aliphatic carboxylic acids is 1. The topological polar surface area (TPSA) is 89.3 Å². The summed E-state index contributed by atoms with van der Waals surface area (Å²) in [4.78, 5) is 15.4. The number of hydrogen-bond acceptors (Lipinski definition) is 4. The van der Waals surface area contributed by atoms with E-state index < -0.39 is 28.2 Å². The fraction of sp³-hybridized carbons (Fsp3) is 0.0909. The summed E-state index contributed by atoms with van der Waals surface area (Å²) in [7, 11) is -4.01. The monoisotopic (exact) mass is 499 g/mol. The van der Waals surface area contributed by atoms with Crippen molar-refractivity contribution in [2.24, 2.45) is 0 Å². The zero-order valence-electron chi connectivity index (χ0n) is 16.4. The Bertz CT molecular complexity index is 1380. The average molecular weight is 499 g/mol. The van der Waals surface area contributed by atoms with Crippen molar-refractivity contribution in [3.8, 4) is 0 Å². The van der Waals surface area contributed by atoms with E-state index in [9.17, 15) is 22.7 Å². The van der Waals surface area contributed by atoms with Crippen molar-refractivity contribution < 1.29 is 22.7 Å². The molecule has 4 rings (SSSR count). The molecule has 0 spiro atoms. The second-order valence-electron chi connectivity index (χ2n) is 6.88. The van der Waals surface area contributed by atoms with Gasteiger partial charge in [-0.2, -0.15) is 0 Å². The van der Waals surface area contributed by atoms with Crippen molar-refractivity contribution in [2.75, 3.05) is 0 Å². The van der Waals surface area contributed by atoms with E-state index in [1.54, 1.807) is 36.7 Å². The van der Waals surface area contributed by atoms with Gasteiger partial charge in [0.1, 0.15) is 0 Å². The van der Waals surface area contributed by atoms with E-state index in [2.05, 4.69) is 4.98 Å². The average Bonchev–Trinajstić information content (AvgIpc) is 3.00. The van der Waals surface area contributed by atoms with Gasteiger partial charge in [0.15, 0.2) is 0 Å². The summed E-state index contributed by atoms with van der Waals surface area (Å²) >= 11 is -0.307. The number of halogens is 1. The molecular formula is C22H17AsFN2O4S. The van der Waals surface area contributed by atoms with Crippen LogP contribution in [0.3, 0.4) is 0 Å². The molecule has 9 heteroatoms. The molecule has 2 aromatic carbocycles. The number of carboxylic acid groups (broad SMARTS) is 1. The Morgan fingerprint density at radius 2 is 1.71 bits per heavy atom. The molecule has 0 amide bonds. The van der Waals surface area contributed by atoms with E-state index >= 15 is 0 Å². The van der Waals surface area contributed by atoms with Crippen molar-refractivity contribution in [2.45, 2.75) is 18.2 Å². The number of hydrogen-bond donors (Lipinski definition) is 1. The van der Waals surface area contributed by atoms with Crippen LogP contribution in [-0.4, -0.2) is 44.2 Å². The van der Waals surface area contributed by atoms with E-state index in [0.717, 1.165) is 12.7 Å². The van der Waals surface area contributed by atoms with E-state index in [-0.39, 0.29) is 42.8 Å². The fourth-order valence-electron chi connectivity index (χ4n) is 3.48. The molecule has 0 atom stereocenters. The van der Waals surface area contributed by atoms with Crippen molar-refractivity contribution in [1.82, 2.24) is 8.96 Å². The van der Waals surface area contributed by atoms with Crippen molar-refractivity contribution in [3.63, 3.8) is 0 Å². The molecule has 0 aliphatic rings. The molecule has 2 heterocycles. The summed E-state index contributed by atoms with van der Waals surface area (Å²) < 4.78 is 44.0. The number of carbonyl (C=O) groups is 1. The van der Waals surface area contributed by atoms with Gasteiger partial charge in [-0.25, -0.2) is 0 Å². The predicted molar refractivity (Wildman–Crippen MR) is 116 cm³/mol. The molecule has 0 fully saturated rings. The summed E-state index contributed by atoms with van der Waals surface area (Å²) in [6, 6.07) is 14.2. The first-order chi connectivity index (χ1) is 14.8. The maximum absolute atomic E-state index is 13.8. The zero-order chi connectivity index (χ0) is 22.2. The number of benzene rings is 2. The minimum absolute atomic E-state index is 0.0818. The molecule has 4 aromatic rings. The number of pyridine rings is 1. The Morgan fingerprint density at radius 1 is 1.06 bits per heavy atom. The number of rotatable bonds is 6. The molecule has 0 aliphatic carbocycles. The van der Waals surface area contributed by atoms with Crippen LogP contribution in [0.25, 0.3) is 10.9 Å². The molecule has 31 heavy (non-hydrogen) atoms. The SMILES string of the molecule is Cc1c(CC(=O)O)c2cc(F)ccc2n1S(=O)(=O)c1ccc([As]c2ccncc2)cc1. The van der Waals surface area contributed by atoms with Crippen LogP contribution >= 0.6 is 0 Å². The van der Waals surface area contributed by atoms with Gasteiger partial charge >= 0.3 is 185 Å². The normalized spacial score (nSPS) is 12.1. The summed E-state index contributed by atoms with van der Waals surface area (Å²) in [5.74, 6) is -1.68. The summed E-state index contributed by atoms with van der Waals surface area (Å²) in [5.41, 5.74) is 0.794. The number of fused-ring (bicyclic) bond motifs is 1. The van der Waals surface area contributed by atoms with Crippen LogP contribution in [0.4, 0.5) is 4.39 Å². The van der Waals surface area contributed by atoms with Crippen LogP contribution in [0.1, 0.15) is 11.3 Å². The predicted octanol–water partition coefficient (Wildman–Crippen LogP) is 2.00. The molecule has 6 nitrogen and oxygen atoms in total. The molecule has 0 unspecified atom stereocenters. The fourth-order valence-corrected chi connectivity index (χ4v) is 6.90. The van der Waals surface area contributed by atoms with Gasteiger partial charge in [-0.05, 0) is 0 Å². The molecule has 0 saturated heterocycles. The van der Waals surface area contributed by atoms with E-state index in [4.69, 9.17) is 0 Å². The number of carboxylic acids is 1. The first kappa shape index (κ1) is 21.3. The summed E-state index contributed by atoms with van der Waals surface area (Å²) in [6.45, 7) is 1.54. The van der Waals surface area contributed by atoms with Gasteiger partial charge in [-0.15, -0.1) is 0 Å². The van der Waals surface area contributed by atoms with Gasteiger partial charge in [0.2, 0.25) is 0 Å². The number of aromatic nitrogens is 2. The third-order valence-electron chi connectivity index (χ3n) is 4.87. The van der Waals surface area contributed by atoms with Gasteiger partial charge in [-0.1, -0.05) is 0 Å². The van der Waals surface area contributed by atoms with E-state index in [1.807, 2.05) is 12.1 Å². The van der Waals surface area contributed by atoms with Crippen molar-refractivity contribution >= 4 is 51.4 Å². The molecule has 157 valence electrons. The standard InChI is InChI=1S/C22H17AsFN2O4S/c1-14-19(13-22(27)28)20-12-17(24)4-7-21(20)26(14)31(29,30)18-5-2-15(3-6-18)23-16-8-10-25-11-9-16/h2-12H,13H2,1H3,(H,27,28). The minimum atomic E-state index is -4.01. The molecule has 1 N–H and O–H groups in total. The molecule has 0 bridgehead atoms. The van der Waals surface area contributed by atoms with E-state index in [0.29, 0.717) is 0 Å². The van der Waals surface area contributed by atoms with Crippen LogP contribution in [0.2, 0.25) is 0 Å². The van der Waals surface area contributed by atoms with Gasteiger partial charge < -0.3 is 0 Å². The van der Waals surface area contributed by atoms with Crippen LogP contribution in [0.15, 0.2) is 71.9 Å².